The monoisotopic (exact) mass is 196 g/mol. The molecule has 0 aliphatic rings. The molecule has 0 rings (SSSR count). The molecular formula is C5H12N2O4S. The first-order chi connectivity index (χ1) is 5.52. The Bertz CT molecular complexity index is 236. The van der Waals surface area contributed by atoms with Gasteiger partial charge in [0.15, 0.2) is 0 Å². The topological polar surface area (TPSA) is 84.5 Å². The fraction of sp³-hybridized carbons (Fsp3) is 0.800. The molecule has 0 aromatic rings. The smallest absolute Gasteiger partial charge is 0.306 e. The fourth-order valence-electron chi connectivity index (χ4n) is 0.462. The van der Waals surface area contributed by atoms with E-state index in [9.17, 15) is 13.2 Å². The molecule has 0 aliphatic heterocycles. The summed E-state index contributed by atoms with van der Waals surface area (Å²) in [6.07, 6.45) is 0.0252. The summed E-state index contributed by atoms with van der Waals surface area (Å²) in [7, 11) is -0.908. The van der Waals surface area contributed by atoms with Gasteiger partial charge in [0.05, 0.1) is 13.5 Å². The lowest BCUT2D eigenvalue weighted by Gasteiger charge is -2.02. The normalized spacial score (nSPS) is 11.2. The molecular weight excluding hydrogens is 184 g/mol. The molecule has 0 unspecified atom stereocenters. The average Bonchev–Trinajstić information content (AvgIpc) is 2.04. The summed E-state index contributed by atoms with van der Waals surface area (Å²) in [6, 6.07) is 0. The van der Waals surface area contributed by atoms with E-state index in [2.05, 4.69) is 9.46 Å². The second kappa shape index (κ2) is 5.07. The Kier molecular flexibility index (Phi) is 4.79. The van der Waals surface area contributed by atoms with Crippen LogP contribution in [0.2, 0.25) is 0 Å². The molecule has 2 N–H and O–H groups in total. The Balaban J connectivity index is 3.64. The molecule has 0 saturated carbocycles. The Morgan fingerprint density at radius 2 is 2.08 bits per heavy atom. The lowest BCUT2D eigenvalue weighted by molar-refractivity contribution is -0.140. The molecule has 72 valence electrons. The average molecular weight is 196 g/mol. The molecule has 0 amide bonds. The third-order valence-electron chi connectivity index (χ3n) is 1.12. The molecule has 0 radical (unpaired) electrons. The predicted molar refractivity (Wildman–Crippen MR) is 42.6 cm³/mol. The summed E-state index contributed by atoms with van der Waals surface area (Å²) >= 11 is 0. The van der Waals surface area contributed by atoms with E-state index < -0.39 is 16.2 Å². The first-order valence-corrected chi connectivity index (χ1v) is 4.75. The van der Waals surface area contributed by atoms with E-state index >= 15 is 0 Å². The van der Waals surface area contributed by atoms with Crippen LogP contribution in [0.25, 0.3) is 0 Å². The van der Waals surface area contributed by atoms with E-state index in [0.717, 1.165) is 0 Å². The maximum Gasteiger partial charge on any atom is 0.306 e. The van der Waals surface area contributed by atoms with E-state index in [4.69, 9.17) is 0 Å². The van der Waals surface area contributed by atoms with Crippen LogP contribution in [-0.4, -0.2) is 35.1 Å². The van der Waals surface area contributed by atoms with Crippen molar-refractivity contribution in [1.29, 1.82) is 0 Å². The Labute approximate surface area is 71.5 Å². The Hall–Kier alpha value is -0.660. The van der Waals surface area contributed by atoms with Crippen LogP contribution in [0.3, 0.4) is 0 Å². The van der Waals surface area contributed by atoms with Crippen LogP contribution in [0.4, 0.5) is 0 Å². The highest BCUT2D eigenvalue weighted by atomic mass is 32.2. The zero-order valence-corrected chi connectivity index (χ0v) is 7.77. The van der Waals surface area contributed by atoms with Gasteiger partial charge >= 0.3 is 5.97 Å². The maximum atomic E-state index is 10.7. The predicted octanol–water partition coefficient (Wildman–Crippen LogP) is -1.40. The molecule has 7 heteroatoms. The maximum absolute atomic E-state index is 10.7. The van der Waals surface area contributed by atoms with Crippen LogP contribution in [0.5, 0.6) is 0 Å². The summed E-state index contributed by atoms with van der Waals surface area (Å²) in [4.78, 5) is 10.5. The molecule has 0 aromatic carbocycles. The summed E-state index contributed by atoms with van der Waals surface area (Å²) in [5.74, 6) is -0.450. The Morgan fingerprint density at radius 3 is 2.50 bits per heavy atom. The SMILES string of the molecule is CNS(=O)(=O)NCCC(=O)OC. The molecule has 0 fully saturated rings. The molecule has 0 saturated heterocycles. The van der Waals surface area contributed by atoms with Crippen LogP contribution < -0.4 is 9.44 Å². The van der Waals surface area contributed by atoms with Crippen molar-refractivity contribution in [3.63, 3.8) is 0 Å². The second-order valence-corrected chi connectivity index (χ2v) is 3.63. The van der Waals surface area contributed by atoms with Crippen molar-refractivity contribution in [3.05, 3.63) is 0 Å². The zero-order valence-electron chi connectivity index (χ0n) is 6.96. The number of rotatable bonds is 5. The van der Waals surface area contributed by atoms with Crippen molar-refractivity contribution in [3.8, 4) is 0 Å². The van der Waals surface area contributed by atoms with Gasteiger partial charge in [-0.05, 0) is 0 Å². The van der Waals surface area contributed by atoms with Gasteiger partial charge in [-0.2, -0.15) is 8.42 Å². The minimum atomic E-state index is -3.43. The number of carbonyl (C=O) groups excluding carboxylic acids is 1. The van der Waals surface area contributed by atoms with Crippen molar-refractivity contribution < 1.29 is 17.9 Å². The Morgan fingerprint density at radius 1 is 1.50 bits per heavy atom. The van der Waals surface area contributed by atoms with E-state index in [1.807, 2.05) is 4.72 Å². The second-order valence-electron chi connectivity index (χ2n) is 1.93. The highest BCUT2D eigenvalue weighted by Crippen LogP contribution is 1.82. The quantitative estimate of drug-likeness (QED) is 0.530. The van der Waals surface area contributed by atoms with Crippen molar-refractivity contribution in [2.24, 2.45) is 0 Å². The molecule has 0 aromatic heterocycles. The minimum Gasteiger partial charge on any atom is -0.469 e. The van der Waals surface area contributed by atoms with Gasteiger partial charge in [-0.1, -0.05) is 0 Å². The van der Waals surface area contributed by atoms with Crippen molar-refractivity contribution in [2.45, 2.75) is 6.42 Å². The summed E-state index contributed by atoms with van der Waals surface area (Å²) in [6.45, 7) is 0.0375. The largest absolute Gasteiger partial charge is 0.469 e. The summed E-state index contributed by atoms with van der Waals surface area (Å²) < 4.78 is 29.9. The number of methoxy groups -OCH3 is 1. The highest BCUT2D eigenvalue weighted by molar-refractivity contribution is 7.87. The van der Waals surface area contributed by atoms with E-state index in [0.29, 0.717) is 0 Å². The highest BCUT2D eigenvalue weighted by Gasteiger charge is 2.06. The van der Waals surface area contributed by atoms with Gasteiger partial charge in [0, 0.05) is 13.6 Å². The number of ether oxygens (including phenoxy) is 1. The van der Waals surface area contributed by atoms with E-state index in [-0.39, 0.29) is 13.0 Å². The van der Waals surface area contributed by atoms with Crippen LogP contribution >= 0.6 is 0 Å². The van der Waals surface area contributed by atoms with Gasteiger partial charge in [-0.15, -0.1) is 0 Å². The fourth-order valence-corrected chi connectivity index (χ4v) is 0.977. The van der Waals surface area contributed by atoms with Gasteiger partial charge in [-0.3, -0.25) is 4.79 Å². The van der Waals surface area contributed by atoms with Crippen LogP contribution in [-0.2, 0) is 19.7 Å². The number of nitrogens with one attached hydrogen (secondary N) is 2. The van der Waals surface area contributed by atoms with Crippen molar-refractivity contribution >= 4 is 16.2 Å². The van der Waals surface area contributed by atoms with Gasteiger partial charge in [0.1, 0.15) is 0 Å². The van der Waals surface area contributed by atoms with Crippen molar-refractivity contribution in [2.75, 3.05) is 20.7 Å². The molecule has 0 heterocycles. The van der Waals surface area contributed by atoms with Crippen molar-refractivity contribution in [1.82, 2.24) is 9.44 Å². The first kappa shape index (κ1) is 11.3. The number of carbonyl (C=O) groups is 1. The van der Waals surface area contributed by atoms with Gasteiger partial charge in [0.2, 0.25) is 0 Å². The molecule has 0 bridgehead atoms. The van der Waals surface area contributed by atoms with E-state index in [1.165, 1.54) is 14.2 Å². The lowest BCUT2D eigenvalue weighted by atomic mass is 10.4. The van der Waals surface area contributed by atoms with Crippen LogP contribution in [0, 0.1) is 0 Å². The summed E-state index contributed by atoms with van der Waals surface area (Å²) in [5.41, 5.74) is 0. The van der Waals surface area contributed by atoms with Crippen LogP contribution in [0.1, 0.15) is 6.42 Å². The van der Waals surface area contributed by atoms with Gasteiger partial charge in [-0.25, -0.2) is 9.44 Å². The van der Waals surface area contributed by atoms with Crippen LogP contribution in [0.15, 0.2) is 0 Å². The first-order valence-electron chi connectivity index (χ1n) is 3.27. The number of hydrogen-bond donors (Lipinski definition) is 2. The molecule has 0 aliphatic carbocycles. The molecule has 6 nitrogen and oxygen atoms in total. The summed E-state index contributed by atoms with van der Waals surface area (Å²) in [5, 5.41) is 0. The van der Waals surface area contributed by atoms with Gasteiger partial charge in [0.25, 0.3) is 10.2 Å². The molecule has 0 atom stereocenters. The number of esters is 1. The minimum absolute atomic E-state index is 0.0252. The number of hydrogen-bond acceptors (Lipinski definition) is 4. The molecule has 12 heavy (non-hydrogen) atoms. The molecule has 0 spiro atoms. The third kappa shape index (κ3) is 5.05. The van der Waals surface area contributed by atoms with E-state index in [1.54, 1.807) is 0 Å². The third-order valence-corrected chi connectivity index (χ3v) is 2.24. The zero-order chi connectivity index (χ0) is 9.61. The lowest BCUT2D eigenvalue weighted by Crippen LogP contribution is -2.35. The van der Waals surface area contributed by atoms with Gasteiger partial charge < -0.3 is 4.74 Å². The standard InChI is InChI=1S/C5H12N2O4S/c1-6-12(9,10)7-4-3-5(8)11-2/h6-7H,3-4H2,1-2H3.